The third-order valence-electron chi connectivity index (χ3n) is 1.97. The first-order valence-corrected chi connectivity index (χ1v) is 5.45. The van der Waals surface area contributed by atoms with Gasteiger partial charge in [0.05, 0.1) is 0 Å². The molecule has 0 aliphatic carbocycles. The number of unbranched alkanes of at least 4 members (excludes halogenated alkanes) is 6. The fourth-order valence-corrected chi connectivity index (χ4v) is 1.40. The maximum absolute atomic E-state index is 10.4. The molecule has 12 heavy (non-hydrogen) atoms. The van der Waals surface area contributed by atoms with Gasteiger partial charge in [0.25, 0.3) is 0 Å². The van der Waals surface area contributed by atoms with Crippen LogP contribution >= 0.6 is 0 Å². The average molecular weight is 214 g/mol. The van der Waals surface area contributed by atoms with Gasteiger partial charge in [0.15, 0.2) is 0 Å². The molecule has 0 aromatic carbocycles. The number of hydrogen-bond donors (Lipinski definition) is 0. The average Bonchev–Trinajstić information content (AvgIpc) is 2.02. The molecule has 0 saturated carbocycles. The molecule has 0 atom stereocenters. The van der Waals surface area contributed by atoms with Gasteiger partial charge in [-0.25, -0.2) is 0 Å². The topological polar surface area (TPSA) is 17.1 Å². The van der Waals surface area contributed by atoms with E-state index in [9.17, 15) is 4.79 Å². The molecular weight excluding hydrogens is 195 g/mol. The van der Waals surface area contributed by atoms with E-state index in [2.05, 4.69) is 22.7 Å². The van der Waals surface area contributed by atoms with Crippen molar-refractivity contribution in [2.45, 2.75) is 58.3 Å². The number of carbonyl (C=O) groups is 1. The molecule has 0 rings (SSSR count). The molecule has 0 aliphatic rings. The summed E-state index contributed by atoms with van der Waals surface area (Å²) in [5.74, 6) is 0. The number of carbonyl (C=O) groups excluding carboxylic acids is 1. The molecule has 0 N–H and O–H groups in total. The van der Waals surface area contributed by atoms with Crippen LogP contribution in [0.1, 0.15) is 58.3 Å². The van der Waals surface area contributed by atoms with Crippen LogP contribution in [0.25, 0.3) is 0 Å². The molecular formula is C10H19CoO. The third-order valence-corrected chi connectivity index (χ3v) is 2.23. The second kappa shape index (κ2) is 9.27. The van der Waals surface area contributed by atoms with Crippen LogP contribution in [-0.2, 0) is 20.5 Å². The van der Waals surface area contributed by atoms with Crippen molar-refractivity contribution in [1.82, 2.24) is 0 Å². The van der Waals surface area contributed by atoms with Crippen LogP contribution < -0.4 is 0 Å². The van der Waals surface area contributed by atoms with E-state index in [1.54, 1.807) is 0 Å². The summed E-state index contributed by atoms with van der Waals surface area (Å²) >= 11 is 3.76. The Kier molecular flexibility index (Phi) is 9.40. The van der Waals surface area contributed by atoms with Crippen molar-refractivity contribution in [1.29, 1.82) is 0 Å². The zero-order valence-corrected chi connectivity index (χ0v) is 8.94. The summed E-state index contributed by atoms with van der Waals surface area (Å²) in [6.07, 6.45) is 9.47. The van der Waals surface area contributed by atoms with Crippen molar-refractivity contribution < 1.29 is 20.5 Å². The molecule has 0 aromatic heterocycles. The van der Waals surface area contributed by atoms with Gasteiger partial charge in [-0.2, -0.15) is 0 Å². The molecule has 0 saturated heterocycles. The van der Waals surface area contributed by atoms with Crippen LogP contribution in [0.4, 0.5) is 0 Å². The van der Waals surface area contributed by atoms with Gasteiger partial charge in [-0.1, -0.05) is 0 Å². The fraction of sp³-hybridized carbons (Fsp3) is 0.900. The molecule has 0 fully saturated rings. The van der Waals surface area contributed by atoms with Crippen molar-refractivity contribution in [3.63, 3.8) is 0 Å². The van der Waals surface area contributed by atoms with E-state index in [0.717, 1.165) is 6.42 Å². The summed E-state index contributed by atoms with van der Waals surface area (Å²) in [5.41, 5.74) is 0. The zero-order valence-electron chi connectivity index (χ0n) is 7.90. The summed E-state index contributed by atoms with van der Waals surface area (Å²) in [6, 6.07) is 0. The summed E-state index contributed by atoms with van der Waals surface area (Å²) in [4.78, 5) is 10.4. The van der Waals surface area contributed by atoms with Gasteiger partial charge in [-0.15, -0.1) is 0 Å². The molecule has 0 aromatic rings. The Balaban J connectivity index is 2.86. The van der Waals surface area contributed by atoms with Gasteiger partial charge < -0.3 is 0 Å². The predicted molar refractivity (Wildman–Crippen MR) is 47.6 cm³/mol. The standard InChI is InChI=1S/C10H19O.Co/c1-2-3-4-5-6-7-8-9-10-11;/h2-9H2,1H3;. The van der Waals surface area contributed by atoms with E-state index in [1.807, 2.05) is 0 Å². The Hall–Kier alpha value is 0.176. The van der Waals surface area contributed by atoms with Crippen LogP contribution in [-0.4, -0.2) is 4.72 Å². The number of hydrogen-bond acceptors (Lipinski definition) is 1. The van der Waals surface area contributed by atoms with E-state index in [0.29, 0.717) is 6.42 Å². The Labute approximate surface area is 83.9 Å². The van der Waals surface area contributed by atoms with Crippen LogP contribution in [0.2, 0.25) is 0 Å². The molecule has 0 aliphatic heterocycles. The summed E-state index contributed by atoms with van der Waals surface area (Å²) in [5, 5.41) is 0. The first kappa shape index (κ1) is 12.2. The third kappa shape index (κ3) is 10.2. The SMILES string of the molecule is CCCCCCCCC[C](=O)[Co]. The van der Waals surface area contributed by atoms with Crippen LogP contribution in [0.15, 0.2) is 0 Å². The van der Waals surface area contributed by atoms with E-state index in [4.69, 9.17) is 0 Å². The fourth-order valence-electron chi connectivity index (χ4n) is 1.21. The van der Waals surface area contributed by atoms with Gasteiger partial charge in [0.2, 0.25) is 0 Å². The summed E-state index contributed by atoms with van der Waals surface area (Å²) in [7, 11) is 0. The Morgan fingerprint density at radius 1 is 1.00 bits per heavy atom. The van der Waals surface area contributed by atoms with E-state index < -0.39 is 0 Å². The molecule has 2 heteroatoms. The van der Waals surface area contributed by atoms with Crippen LogP contribution in [0.5, 0.6) is 0 Å². The second-order valence-electron chi connectivity index (χ2n) is 3.20. The van der Waals surface area contributed by atoms with Gasteiger partial charge in [0, 0.05) is 0 Å². The Morgan fingerprint density at radius 3 is 2.00 bits per heavy atom. The van der Waals surface area contributed by atoms with Gasteiger partial charge in [-0.05, 0) is 0 Å². The van der Waals surface area contributed by atoms with Gasteiger partial charge in [-0.3, -0.25) is 0 Å². The first-order chi connectivity index (χ1) is 5.77. The molecule has 0 radical (unpaired) electrons. The normalized spacial score (nSPS) is 10.2. The van der Waals surface area contributed by atoms with Crippen LogP contribution in [0, 0.1) is 0 Å². The van der Waals surface area contributed by atoms with E-state index in [-0.39, 0.29) is 4.72 Å². The molecule has 0 amide bonds. The minimum absolute atomic E-state index is 0.0241. The quantitative estimate of drug-likeness (QED) is 0.567. The Morgan fingerprint density at radius 2 is 1.50 bits per heavy atom. The molecule has 0 unspecified atom stereocenters. The van der Waals surface area contributed by atoms with E-state index in [1.165, 1.54) is 38.5 Å². The maximum atomic E-state index is 10.4. The van der Waals surface area contributed by atoms with Crippen molar-refractivity contribution >= 4 is 4.72 Å². The van der Waals surface area contributed by atoms with Gasteiger partial charge >= 0.3 is 83.5 Å². The molecule has 0 spiro atoms. The predicted octanol–water partition coefficient (Wildman–Crippen LogP) is 3.20. The first-order valence-electron chi connectivity index (χ1n) is 4.93. The van der Waals surface area contributed by atoms with Crippen LogP contribution in [0.3, 0.4) is 0 Å². The monoisotopic (exact) mass is 214 g/mol. The molecule has 1 nitrogen and oxygen atoms in total. The molecule has 0 bridgehead atoms. The zero-order chi connectivity index (χ0) is 9.23. The number of rotatable bonds is 8. The minimum atomic E-state index is 0.0241. The summed E-state index contributed by atoms with van der Waals surface area (Å²) < 4.78 is 0.0241. The van der Waals surface area contributed by atoms with Crippen molar-refractivity contribution in [3.05, 3.63) is 0 Å². The summed E-state index contributed by atoms with van der Waals surface area (Å²) in [6.45, 7) is 2.22. The Bertz CT molecular complexity index is 112. The molecule has 0 heterocycles. The van der Waals surface area contributed by atoms with Gasteiger partial charge in [0.1, 0.15) is 0 Å². The van der Waals surface area contributed by atoms with Crippen molar-refractivity contribution in [2.24, 2.45) is 0 Å². The molecule has 74 valence electrons. The van der Waals surface area contributed by atoms with Crippen molar-refractivity contribution in [3.8, 4) is 0 Å². The van der Waals surface area contributed by atoms with E-state index >= 15 is 0 Å². The van der Waals surface area contributed by atoms with Crippen molar-refractivity contribution in [2.75, 3.05) is 0 Å². The second-order valence-corrected chi connectivity index (χ2v) is 3.78.